The number of aliphatic hydroxyl groups excluding tert-OH is 6. The van der Waals surface area contributed by atoms with Gasteiger partial charge in [0.05, 0.1) is 12.7 Å². The van der Waals surface area contributed by atoms with Crippen LogP contribution >= 0.6 is 7.82 Å². The van der Waals surface area contributed by atoms with Crippen molar-refractivity contribution in [1.82, 2.24) is 0 Å². The number of phosphoric ester groups is 1. The molecule has 0 aromatic carbocycles. The van der Waals surface area contributed by atoms with Gasteiger partial charge in [-0.25, -0.2) is 4.57 Å². The van der Waals surface area contributed by atoms with Crippen LogP contribution in [0.15, 0.2) is 72.9 Å². The molecule has 7 N–H and O–H groups in total. The van der Waals surface area contributed by atoms with E-state index in [1.54, 1.807) is 12.2 Å². The van der Waals surface area contributed by atoms with Crippen molar-refractivity contribution in [2.75, 3.05) is 13.2 Å². The highest BCUT2D eigenvalue weighted by atomic mass is 31.2. The molecule has 380 valence electrons. The number of carbonyl (C=O) groups excluding carboxylic acids is 2. The number of esters is 2. The first-order valence-corrected chi connectivity index (χ1v) is 26.3. The van der Waals surface area contributed by atoms with Crippen molar-refractivity contribution in [3.05, 3.63) is 72.9 Å². The molecule has 1 rings (SSSR count). The lowest BCUT2D eigenvalue weighted by molar-refractivity contribution is -0.220. The molecular formula is C51H87O14P. The summed E-state index contributed by atoms with van der Waals surface area (Å²) in [6.07, 6.45) is 33.9. The van der Waals surface area contributed by atoms with Gasteiger partial charge in [-0.15, -0.1) is 0 Å². The Balaban J connectivity index is 2.51. The van der Waals surface area contributed by atoms with Gasteiger partial charge in [0.25, 0.3) is 0 Å². The van der Waals surface area contributed by atoms with E-state index in [0.717, 1.165) is 57.8 Å². The lowest BCUT2D eigenvalue weighted by Crippen LogP contribution is -2.64. The predicted molar refractivity (Wildman–Crippen MR) is 259 cm³/mol. The van der Waals surface area contributed by atoms with E-state index in [0.29, 0.717) is 6.42 Å². The molecule has 9 atom stereocenters. The highest BCUT2D eigenvalue weighted by Crippen LogP contribution is 2.47. The molecule has 66 heavy (non-hydrogen) atoms. The van der Waals surface area contributed by atoms with Gasteiger partial charge in [-0.1, -0.05) is 157 Å². The van der Waals surface area contributed by atoms with E-state index in [1.165, 1.54) is 70.6 Å². The third-order valence-electron chi connectivity index (χ3n) is 11.1. The monoisotopic (exact) mass is 955 g/mol. The van der Waals surface area contributed by atoms with Crippen molar-refractivity contribution >= 4 is 19.8 Å². The standard InChI is InChI=1S/C51H87O14P/c1-3-5-7-9-11-13-15-17-18-19-20-21-22-24-26-28-30-32-34-38-45(54)64-43(41-63-66(60,61)65-51-49(58)47(56)46(55)48(57)50(51)59)40-62-44(53)39-35-37-42(52)36-33-31-29-27-25-23-16-14-12-10-8-6-4-2/h11-14,17-18,23,25,29,31,33,36,42-43,46-52,55-59H,3-10,15-16,19-22,24,26-28,30,32,34-35,37-41H2,1-2H3,(H,60,61)/b13-11-,14-12-,18-17-,25-23-,31-29-,36-33+/t42-,43-,46?,47-,48+,49-,50-,51?/m1/s1. The maximum Gasteiger partial charge on any atom is 0.472 e. The van der Waals surface area contributed by atoms with Crippen molar-refractivity contribution in [1.29, 1.82) is 0 Å². The molecule has 0 aliphatic heterocycles. The number of hydrogen-bond acceptors (Lipinski definition) is 13. The van der Waals surface area contributed by atoms with Crippen LogP contribution in [0.3, 0.4) is 0 Å². The molecule has 0 bridgehead atoms. The van der Waals surface area contributed by atoms with Crippen molar-refractivity contribution < 1.29 is 68.2 Å². The molecule has 0 aromatic rings. The largest absolute Gasteiger partial charge is 0.472 e. The van der Waals surface area contributed by atoms with Crippen molar-refractivity contribution in [3.8, 4) is 0 Å². The van der Waals surface area contributed by atoms with Crippen LogP contribution in [0.25, 0.3) is 0 Å². The van der Waals surface area contributed by atoms with Crippen molar-refractivity contribution in [3.63, 3.8) is 0 Å². The van der Waals surface area contributed by atoms with E-state index in [9.17, 15) is 49.7 Å². The summed E-state index contributed by atoms with van der Waals surface area (Å²) in [4.78, 5) is 35.8. The summed E-state index contributed by atoms with van der Waals surface area (Å²) in [5, 5.41) is 60.5. The van der Waals surface area contributed by atoms with E-state index in [-0.39, 0.29) is 25.7 Å². The molecule has 0 spiro atoms. The number of allylic oxidation sites excluding steroid dienone is 11. The Morgan fingerprint density at radius 3 is 1.55 bits per heavy atom. The number of unbranched alkanes of at least 4 members (excludes halogenated alkanes) is 15. The van der Waals surface area contributed by atoms with E-state index >= 15 is 0 Å². The summed E-state index contributed by atoms with van der Waals surface area (Å²) < 4.78 is 33.5. The van der Waals surface area contributed by atoms with Gasteiger partial charge in [-0.3, -0.25) is 18.6 Å². The molecule has 0 aromatic heterocycles. The zero-order valence-corrected chi connectivity index (χ0v) is 41.0. The number of aliphatic hydroxyl groups is 6. The first-order chi connectivity index (χ1) is 31.8. The Morgan fingerprint density at radius 2 is 1.00 bits per heavy atom. The Bertz CT molecular complexity index is 1450. The molecule has 0 heterocycles. The van der Waals surface area contributed by atoms with Crippen LogP contribution in [0.4, 0.5) is 0 Å². The summed E-state index contributed by atoms with van der Waals surface area (Å²) in [5.41, 5.74) is 0. The summed E-state index contributed by atoms with van der Waals surface area (Å²) >= 11 is 0. The van der Waals surface area contributed by atoms with Crippen LogP contribution in [0.2, 0.25) is 0 Å². The number of hydrogen-bond donors (Lipinski definition) is 7. The number of carbonyl (C=O) groups is 2. The van der Waals surface area contributed by atoms with Gasteiger partial charge in [-0.2, -0.15) is 0 Å². The number of ether oxygens (including phenoxy) is 2. The van der Waals surface area contributed by atoms with Gasteiger partial charge in [-0.05, 0) is 77.0 Å². The fourth-order valence-corrected chi connectivity index (χ4v) is 8.04. The highest BCUT2D eigenvalue weighted by Gasteiger charge is 2.51. The Labute approximate surface area is 396 Å². The minimum atomic E-state index is -5.17. The molecule has 1 aliphatic rings. The van der Waals surface area contributed by atoms with E-state index in [2.05, 4.69) is 62.5 Å². The Morgan fingerprint density at radius 1 is 0.545 bits per heavy atom. The van der Waals surface area contributed by atoms with E-state index in [1.807, 2.05) is 12.2 Å². The second-order valence-electron chi connectivity index (χ2n) is 17.2. The van der Waals surface area contributed by atoms with Gasteiger partial charge in [0.1, 0.15) is 43.2 Å². The molecule has 1 aliphatic carbocycles. The summed E-state index contributed by atoms with van der Waals surface area (Å²) in [5.74, 6) is -1.31. The number of phosphoric acid groups is 1. The maximum absolute atomic E-state index is 12.8. The zero-order chi connectivity index (χ0) is 48.7. The van der Waals surface area contributed by atoms with Crippen LogP contribution < -0.4 is 0 Å². The van der Waals surface area contributed by atoms with Gasteiger partial charge >= 0.3 is 19.8 Å². The van der Waals surface area contributed by atoms with Crippen LogP contribution in [-0.4, -0.2) is 110 Å². The SMILES string of the molecule is CCCCC/C=C\C/C=C\C/C=C\C=C\[C@@H](O)CCCC(=O)OC[C@H](COP(=O)(O)OC1[C@H](O)[C@H](O)C(O)[C@H](O)[C@H]1O)OC(=O)CCCCCCCCCCC/C=C\C/C=C\CCCCC. The lowest BCUT2D eigenvalue weighted by atomic mass is 9.85. The Kier molecular flexibility index (Phi) is 37.3. The van der Waals surface area contributed by atoms with Crippen LogP contribution in [-0.2, 0) is 32.7 Å². The third kappa shape index (κ3) is 32.1. The molecule has 1 fully saturated rings. The molecular weight excluding hydrogens is 868 g/mol. The third-order valence-corrected chi connectivity index (χ3v) is 12.1. The van der Waals surface area contributed by atoms with Crippen molar-refractivity contribution in [2.45, 2.75) is 223 Å². The predicted octanol–water partition coefficient (Wildman–Crippen LogP) is 9.25. The van der Waals surface area contributed by atoms with Crippen molar-refractivity contribution in [2.24, 2.45) is 0 Å². The van der Waals surface area contributed by atoms with Gasteiger partial charge in [0, 0.05) is 12.8 Å². The fraction of sp³-hybridized carbons (Fsp3) is 0.725. The summed E-state index contributed by atoms with van der Waals surface area (Å²) in [7, 11) is -5.17. The van der Waals surface area contributed by atoms with Crippen LogP contribution in [0, 0.1) is 0 Å². The average molecular weight is 955 g/mol. The molecule has 3 unspecified atom stereocenters. The summed E-state index contributed by atoms with van der Waals surface area (Å²) in [6.45, 7) is 3.08. The minimum Gasteiger partial charge on any atom is -0.462 e. The first-order valence-electron chi connectivity index (χ1n) is 24.8. The summed E-state index contributed by atoms with van der Waals surface area (Å²) in [6, 6.07) is 0. The highest BCUT2D eigenvalue weighted by molar-refractivity contribution is 7.47. The molecule has 0 amide bonds. The second-order valence-corrected chi connectivity index (χ2v) is 18.6. The fourth-order valence-electron chi connectivity index (χ4n) is 7.07. The lowest BCUT2D eigenvalue weighted by Gasteiger charge is -2.41. The zero-order valence-electron chi connectivity index (χ0n) is 40.1. The second kappa shape index (κ2) is 40.2. The average Bonchev–Trinajstić information content (AvgIpc) is 3.29. The first kappa shape index (κ1) is 61.3. The minimum absolute atomic E-state index is 0.0482. The number of rotatable bonds is 40. The van der Waals surface area contributed by atoms with Gasteiger partial charge < -0.3 is 45.0 Å². The van der Waals surface area contributed by atoms with Crippen LogP contribution in [0.1, 0.15) is 174 Å². The van der Waals surface area contributed by atoms with E-state index in [4.69, 9.17) is 18.5 Å². The topological polar surface area (TPSA) is 230 Å². The normalized spacial score (nSPS) is 22.4. The van der Waals surface area contributed by atoms with Gasteiger partial charge in [0.15, 0.2) is 6.10 Å². The molecule has 14 nitrogen and oxygen atoms in total. The maximum atomic E-state index is 12.8. The van der Waals surface area contributed by atoms with E-state index < -0.39 is 81.8 Å². The Hall–Kier alpha value is -2.75. The molecule has 1 saturated carbocycles. The molecule has 0 radical (unpaired) electrons. The smallest absolute Gasteiger partial charge is 0.462 e. The quantitative estimate of drug-likeness (QED) is 0.00999. The van der Waals surface area contributed by atoms with Crippen LogP contribution in [0.5, 0.6) is 0 Å². The van der Waals surface area contributed by atoms with Gasteiger partial charge in [0.2, 0.25) is 0 Å². The molecule has 0 saturated heterocycles. The molecule has 15 heteroatoms.